The maximum Gasteiger partial charge on any atom is 0.379 e. The lowest BCUT2D eigenvalue weighted by atomic mass is 10.1. The first-order valence-electron chi connectivity index (χ1n) is 4.57. The summed E-state index contributed by atoms with van der Waals surface area (Å²) in [6.45, 7) is 3.51. The zero-order chi connectivity index (χ0) is 11.4. The summed E-state index contributed by atoms with van der Waals surface area (Å²) in [7, 11) is 0. The number of aromatic hydroxyl groups is 1. The SMILES string of the molecule is CCOC(=O)C(=O)c1cc(C)ccc1O. The van der Waals surface area contributed by atoms with Crippen molar-refractivity contribution in [3.63, 3.8) is 0 Å². The Bertz CT molecular complexity index is 396. The van der Waals surface area contributed by atoms with Crippen LogP contribution in [0.5, 0.6) is 5.75 Å². The lowest BCUT2D eigenvalue weighted by Gasteiger charge is -2.04. The van der Waals surface area contributed by atoms with Crippen LogP contribution in [-0.2, 0) is 9.53 Å². The van der Waals surface area contributed by atoms with E-state index in [4.69, 9.17) is 0 Å². The summed E-state index contributed by atoms with van der Waals surface area (Å²) >= 11 is 0. The quantitative estimate of drug-likeness (QED) is 0.464. The molecule has 0 saturated carbocycles. The van der Waals surface area contributed by atoms with Gasteiger partial charge in [-0.15, -0.1) is 0 Å². The minimum Gasteiger partial charge on any atom is -0.507 e. The molecule has 0 bridgehead atoms. The van der Waals surface area contributed by atoms with Crippen molar-refractivity contribution in [2.45, 2.75) is 13.8 Å². The number of esters is 1. The van der Waals surface area contributed by atoms with E-state index in [-0.39, 0.29) is 17.9 Å². The molecule has 0 aromatic heterocycles. The van der Waals surface area contributed by atoms with Gasteiger partial charge in [-0.3, -0.25) is 4.79 Å². The highest BCUT2D eigenvalue weighted by atomic mass is 16.5. The fourth-order valence-corrected chi connectivity index (χ4v) is 1.14. The van der Waals surface area contributed by atoms with Gasteiger partial charge in [0.25, 0.3) is 5.78 Å². The number of phenols is 1. The number of ether oxygens (including phenoxy) is 1. The highest BCUT2D eigenvalue weighted by Gasteiger charge is 2.20. The number of carbonyl (C=O) groups is 2. The second-order valence-corrected chi connectivity index (χ2v) is 3.07. The van der Waals surface area contributed by atoms with Gasteiger partial charge in [-0.2, -0.15) is 0 Å². The number of hydrogen-bond donors (Lipinski definition) is 1. The van der Waals surface area contributed by atoms with Gasteiger partial charge in [0.1, 0.15) is 5.75 Å². The summed E-state index contributed by atoms with van der Waals surface area (Å²) in [5.74, 6) is -1.98. The zero-order valence-electron chi connectivity index (χ0n) is 8.61. The predicted molar refractivity (Wildman–Crippen MR) is 53.8 cm³/mol. The highest BCUT2D eigenvalue weighted by molar-refractivity contribution is 6.41. The van der Waals surface area contributed by atoms with Crippen LogP contribution >= 0.6 is 0 Å². The Morgan fingerprint density at radius 2 is 2.07 bits per heavy atom. The van der Waals surface area contributed by atoms with E-state index in [0.717, 1.165) is 5.56 Å². The molecule has 4 nitrogen and oxygen atoms in total. The van der Waals surface area contributed by atoms with Crippen LogP contribution in [0.1, 0.15) is 22.8 Å². The molecule has 0 amide bonds. The van der Waals surface area contributed by atoms with Crippen LogP contribution in [0.4, 0.5) is 0 Å². The number of ketones is 1. The van der Waals surface area contributed by atoms with Crippen LogP contribution in [0.25, 0.3) is 0 Å². The van der Waals surface area contributed by atoms with E-state index >= 15 is 0 Å². The molecule has 15 heavy (non-hydrogen) atoms. The fourth-order valence-electron chi connectivity index (χ4n) is 1.14. The smallest absolute Gasteiger partial charge is 0.379 e. The van der Waals surface area contributed by atoms with E-state index in [9.17, 15) is 14.7 Å². The van der Waals surface area contributed by atoms with E-state index < -0.39 is 11.8 Å². The Labute approximate surface area is 87.5 Å². The number of benzene rings is 1. The molecule has 80 valence electrons. The van der Waals surface area contributed by atoms with Gasteiger partial charge in [-0.25, -0.2) is 4.79 Å². The van der Waals surface area contributed by atoms with Crippen molar-refractivity contribution in [1.82, 2.24) is 0 Å². The third-order valence-corrected chi connectivity index (χ3v) is 1.86. The molecule has 0 unspecified atom stereocenters. The molecule has 0 aliphatic carbocycles. The van der Waals surface area contributed by atoms with Crippen LogP contribution in [0, 0.1) is 6.92 Å². The molecule has 0 saturated heterocycles. The summed E-state index contributed by atoms with van der Waals surface area (Å²) in [5, 5.41) is 9.39. The first kappa shape index (κ1) is 11.2. The number of phenolic OH excluding ortho intramolecular Hbond substituents is 1. The van der Waals surface area contributed by atoms with E-state index in [1.54, 1.807) is 19.9 Å². The van der Waals surface area contributed by atoms with E-state index in [0.29, 0.717) is 0 Å². The first-order valence-corrected chi connectivity index (χ1v) is 4.57. The molecule has 1 aromatic rings. The number of aryl methyl sites for hydroxylation is 1. The number of carbonyl (C=O) groups excluding carboxylic acids is 2. The maximum atomic E-state index is 11.5. The zero-order valence-corrected chi connectivity index (χ0v) is 8.61. The number of rotatable bonds is 3. The van der Waals surface area contributed by atoms with E-state index in [2.05, 4.69) is 4.74 Å². The Hall–Kier alpha value is -1.84. The third-order valence-electron chi connectivity index (χ3n) is 1.86. The molecule has 0 fully saturated rings. The average Bonchev–Trinajstić information content (AvgIpc) is 2.21. The average molecular weight is 208 g/mol. The monoisotopic (exact) mass is 208 g/mol. The molecule has 1 rings (SSSR count). The van der Waals surface area contributed by atoms with Crippen molar-refractivity contribution >= 4 is 11.8 Å². The van der Waals surface area contributed by atoms with Gasteiger partial charge in [-0.1, -0.05) is 11.6 Å². The summed E-state index contributed by atoms with van der Waals surface area (Å²) < 4.78 is 4.55. The second kappa shape index (κ2) is 4.59. The first-order chi connectivity index (χ1) is 7.06. The van der Waals surface area contributed by atoms with E-state index in [1.165, 1.54) is 12.1 Å². The number of Topliss-reactive ketones (excluding diaryl/α,β-unsaturated/α-hetero) is 1. The second-order valence-electron chi connectivity index (χ2n) is 3.07. The van der Waals surface area contributed by atoms with Crippen molar-refractivity contribution in [3.05, 3.63) is 29.3 Å². The number of hydrogen-bond acceptors (Lipinski definition) is 4. The molecule has 1 aromatic carbocycles. The van der Waals surface area contributed by atoms with Crippen molar-refractivity contribution in [3.8, 4) is 5.75 Å². The molecular formula is C11H12O4. The van der Waals surface area contributed by atoms with Crippen molar-refractivity contribution < 1.29 is 19.4 Å². The van der Waals surface area contributed by atoms with Crippen molar-refractivity contribution in [2.75, 3.05) is 6.61 Å². The maximum absolute atomic E-state index is 11.5. The predicted octanol–water partition coefficient (Wildman–Crippen LogP) is 1.45. The normalized spacial score (nSPS) is 9.73. The molecule has 0 radical (unpaired) electrons. The highest BCUT2D eigenvalue weighted by Crippen LogP contribution is 2.19. The Kier molecular flexibility index (Phi) is 3.44. The summed E-state index contributed by atoms with van der Waals surface area (Å²) in [6.07, 6.45) is 0. The van der Waals surface area contributed by atoms with Gasteiger partial charge < -0.3 is 9.84 Å². The Balaban J connectivity index is 3.00. The lowest BCUT2D eigenvalue weighted by molar-refractivity contribution is -0.137. The van der Waals surface area contributed by atoms with Gasteiger partial charge in [0.05, 0.1) is 12.2 Å². The fraction of sp³-hybridized carbons (Fsp3) is 0.273. The summed E-state index contributed by atoms with van der Waals surface area (Å²) in [6, 6.07) is 4.48. The molecule has 0 aliphatic rings. The topological polar surface area (TPSA) is 63.6 Å². The van der Waals surface area contributed by atoms with Crippen molar-refractivity contribution in [1.29, 1.82) is 0 Å². The van der Waals surface area contributed by atoms with E-state index in [1.807, 2.05) is 0 Å². The third kappa shape index (κ3) is 2.56. The minimum atomic E-state index is -0.946. The van der Waals surface area contributed by atoms with Crippen LogP contribution in [0.3, 0.4) is 0 Å². The standard InChI is InChI=1S/C11H12O4/c1-3-15-11(14)10(13)8-6-7(2)4-5-9(8)12/h4-6,12H,3H2,1-2H3. The molecule has 0 aliphatic heterocycles. The van der Waals surface area contributed by atoms with Crippen LogP contribution in [0.2, 0.25) is 0 Å². The molecule has 0 spiro atoms. The lowest BCUT2D eigenvalue weighted by Crippen LogP contribution is -2.17. The van der Waals surface area contributed by atoms with Crippen molar-refractivity contribution in [2.24, 2.45) is 0 Å². The molecule has 0 atom stereocenters. The Morgan fingerprint density at radius 3 is 2.67 bits per heavy atom. The molecular weight excluding hydrogens is 196 g/mol. The molecule has 0 heterocycles. The summed E-state index contributed by atoms with van der Waals surface area (Å²) in [4.78, 5) is 22.6. The van der Waals surface area contributed by atoms with Crippen LogP contribution in [0.15, 0.2) is 18.2 Å². The molecule has 4 heteroatoms. The molecule has 1 N–H and O–H groups in total. The van der Waals surface area contributed by atoms with Gasteiger partial charge >= 0.3 is 5.97 Å². The Morgan fingerprint density at radius 1 is 1.40 bits per heavy atom. The van der Waals surface area contributed by atoms with Gasteiger partial charge in [0, 0.05) is 0 Å². The largest absolute Gasteiger partial charge is 0.507 e. The van der Waals surface area contributed by atoms with Gasteiger partial charge in [0.15, 0.2) is 0 Å². The van der Waals surface area contributed by atoms with Gasteiger partial charge in [0.2, 0.25) is 0 Å². The minimum absolute atomic E-state index is 0.0200. The summed E-state index contributed by atoms with van der Waals surface area (Å²) in [5.41, 5.74) is 0.772. The van der Waals surface area contributed by atoms with Crippen LogP contribution in [-0.4, -0.2) is 23.5 Å². The van der Waals surface area contributed by atoms with Crippen LogP contribution < -0.4 is 0 Å². The van der Waals surface area contributed by atoms with Gasteiger partial charge in [-0.05, 0) is 26.0 Å².